The molecule has 0 bridgehead atoms. The van der Waals surface area contributed by atoms with Gasteiger partial charge in [0.05, 0.1) is 11.9 Å². The molecule has 0 aromatic carbocycles. The van der Waals surface area contributed by atoms with Gasteiger partial charge in [0.2, 0.25) is 0 Å². The molecule has 1 aliphatic rings. The van der Waals surface area contributed by atoms with Crippen LogP contribution in [0.4, 0.5) is 5.82 Å². The Kier molecular flexibility index (Phi) is 3.28. The van der Waals surface area contributed by atoms with E-state index in [4.69, 9.17) is 0 Å². The van der Waals surface area contributed by atoms with Crippen molar-refractivity contribution in [3.05, 3.63) is 29.2 Å². The Morgan fingerprint density at radius 3 is 2.75 bits per heavy atom. The fourth-order valence-electron chi connectivity index (χ4n) is 2.57. The Balaban J connectivity index is 1.70. The molecular formula is C15H23N5. The van der Waals surface area contributed by atoms with Crippen molar-refractivity contribution in [2.45, 2.75) is 52.1 Å². The van der Waals surface area contributed by atoms with Gasteiger partial charge in [0.25, 0.3) is 0 Å². The predicted molar refractivity (Wildman–Crippen MR) is 79.9 cm³/mol. The van der Waals surface area contributed by atoms with Crippen molar-refractivity contribution < 1.29 is 0 Å². The summed E-state index contributed by atoms with van der Waals surface area (Å²) in [5.74, 6) is 1.78. The normalized spacial score (nSPS) is 15.1. The summed E-state index contributed by atoms with van der Waals surface area (Å²) in [4.78, 5) is 0. The smallest absolute Gasteiger partial charge is 0.124 e. The third-order valence-electron chi connectivity index (χ3n) is 3.99. The van der Waals surface area contributed by atoms with E-state index < -0.39 is 0 Å². The van der Waals surface area contributed by atoms with Crippen molar-refractivity contribution in [2.24, 2.45) is 7.05 Å². The lowest BCUT2D eigenvalue weighted by Gasteiger charge is -2.09. The Morgan fingerprint density at radius 1 is 1.40 bits per heavy atom. The summed E-state index contributed by atoms with van der Waals surface area (Å²) >= 11 is 0. The summed E-state index contributed by atoms with van der Waals surface area (Å²) in [6, 6.07) is 2.58. The van der Waals surface area contributed by atoms with Gasteiger partial charge in [-0.05, 0) is 33.6 Å². The molecule has 2 heterocycles. The molecule has 1 saturated carbocycles. The second-order valence-corrected chi connectivity index (χ2v) is 6.00. The van der Waals surface area contributed by atoms with Crippen molar-refractivity contribution in [1.29, 1.82) is 0 Å². The summed E-state index contributed by atoms with van der Waals surface area (Å²) in [7, 11) is 2.00. The Bertz CT molecular complexity index is 602. The molecule has 0 amide bonds. The summed E-state index contributed by atoms with van der Waals surface area (Å²) in [6.45, 7) is 7.23. The van der Waals surface area contributed by atoms with E-state index in [1.165, 1.54) is 29.8 Å². The van der Waals surface area contributed by atoms with Crippen molar-refractivity contribution in [2.75, 3.05) is 5.32 Å². The molecule has 108 valence electrons. The Labute approximate surface area is 120 Å². The number of hydrogen-bond acceptors (Lipinski definition) is 3. The quantitative estimate of drug-likeness (QED) is 0.911. The van der Waals surface area contributed by atoms with Crippen molar-refractivity contribution >= 4 is 5.82 Å². The van der Waals surface area contributed by atoms with Gasteiger partial charge in [-0.15, -0.1) is 0 Å². The lowest BCUT2D eigenvalue weighted by atomic mass is 10.2. The molecule has 2 aromatic heterocycles. The third-order valence-corrected chi connectivity index (χ3v) is 3.99. The van der Waals surface area contributed by atoms with Crippen LogP contribution in [0, 0.1) is 6.92 Å². The lowest BCUT2D eigenvalue weighted by Crippen LogP contribution is -2.07. The van der Waals surface area contributed by atoms with E-state index in [1.54, 1.807) is 0 Å². The molecule has 2 aromatic rings. The van der Waals surface area contributed by atoms with Gasteiger partial charge in [0.15, 0.2) is 0 Å². The molecule has 5 nitrogen and oxygen atoms in total. The van der Waals surface area contributed by atoms with Crippen molar-refractivity contribution in [3.8, 4) is 0 Å². The number of nitrogens with one attached hydrogen (secondary N) is 1. The molecule has 1 fully saturated rings. The van der Waals surface area contributed by atoms with E-state index in [1.807, 2.05) is 17.9 Å². The van der Waals surface area contributed by atoms with Gasteiger partial charge >= 0.3 is 0 Å². The van der Waals surface area contributed by atoms with E-state index in [0.29, 0.717) is 12.0 Å². The first kappa shape index (κ1) is 13.2. The fourth-order valence-corrected chi connectivity index (χ4v) is 2.57. The molecule has 20 heavy (non-hydrogen) atoms. The second kappa shape index (κ2) is 4.96. The fraction of sp³-hybridized carbons (Fsp3) is 0.600. The number of anilines is 1. The summed E-state index contributed by atoms with van der Waals surface area (Å²) in [5.41, 5.74) is 3.70. The zero-order valence-corrected chi connectivity index (χ0v) is 12.7. The topological polar surface area (TPSA) is 47.7 Å². The van der Waals surface area contributed by atoms with Crippen LogP contribution in [-0.4, -0.2) is 19.6 Å². The zero-order valence-electron chi connectivity index (χ0n) is 12.7. The van der Waals surface area contributed by atoms with Gasteiger partial charge < -0.3 is 5.32 Å². The number of hydrogen-bond donors (Lipinski definition) is 1. The SMILES string of the molecule is Cc1c(CNc2cc(C3CC3)nn2C)cnn1C(C)C. The first-order valence-corrected chi connectivity index (χ1v) is 7.37. The number of aryl methyl sites for hydroxylation is 1. The lowest BCUT2D eigenvalue weighted by molar-refractivity contribution is 0.518. The summed E-state index contributed by atoms with van der Waals surface area (Å²) in [6.07, 6.45) is 4.54. The maximum absolute atomic E-state index is 4.57. The van der Waals surface area contributed by atoms with Gasteiger partial charge in [-0.2, -0.15) is 10.2 Å². The average Bonchev–Trinajstić information content (AvgIpc) is 3.09. The molecular weight excluding hydrogens is 250 g/mol. The first-order valence-electron chi connectivity index (χ1n) is 7.37. The van der Waals surface area contributed by atoms with Crippen LogP contribution < -0.4 is 5.32 Å². The molecule has 5 heteroatoms. The van der Waals surface area contributed by atoms with E-state index >= 15 is 0 Å². The van der Waals surface area contributed by atoms with Crippen molar-refractivity contribution in [3.63, 3.8) is 0 Å². The van der Waals surface area contributed by atoms with Crippen LogP contribution in [0.15, 0.2) is 12.3 Å². The van der Waals surface area contributed by atoms with Crippen LogP contribution >= 0.6 is 0 Å². The highest BCUT2D eigenvalue weighted by atomic mass is 15.3. The van der Waals surface area contributed by atoms with Gasteiger partial charge in [0, 0.05) is 42.9 Å². The molecule has 0 saturated heterocycles. The van der Waals surface area contributed by atoms with Gasteiger partial charge in [0.1, 0.15) is 5.82 Å². The van der Waals surface area contributed by atoms with Crippen LogP contribution in [-0.2, 0) is 13.6 Å². The van der Waals surface area contributed by atoms with Gasteiger partial charge in [-0.3, -0.25) is 9.36 Å². The summed E-state index contributed by atoms with van der Waals surface area (Å²) < 4.78 is 4.01. The molecule has 0 atom stereocenters. The van der Waals surface area contributed by atoms with E-state index in [9.17, 15) is 0 Å². The third kappa shape index (κ3) is 2.44. The molecule has 0 spiro atoms. The van der Waals surface area contributed by atoms with Crippen LogP contribution in [0.5, 0.6) is 0 Å². The Morgan fingerprint density at radius 2 is 2.15 bits per heavy atom. The standard InChI is InChI=1S/C15H23N5/c1-10(2)20-11(3)13(9-17-20)8-16-15-7-14(12-5-6-12)18-19(15)4/h7,9-10,12,16H,5-6,8H2,1-4H3. The second-order valence-electron chi connectivity index (χ2n) is 6.00. The van der Waals surface area contributed by atoms with Gasteiger partial charge in [-0.25, -0.2) is 0 Å². The largest absolute Gasteiger partial charge is 0.366 e. The minimum Gasteiger partial charge on any atom is -0.366 e. The number of aromatic nitrogens is 4. The van der Waals surface area contributed by atoms with Crippen LogP contribution in [0.2, 0.25) is 0 Å². The minimum absolute atomic E-state index is 0.405. The molecule has 0 unspecified atom stereocenters. The molecule has 3 rings (SSSR count). The van der Waals surface area contributed by atoms with Crippen LogP contribution in [0.3, 0.4) is 0 Å². The molecule has 1 N–H and O–H groups in total. The summed E-state index contributed by atoms with van der Waals surface area (Å²) in [5, 5.41) is 12.5. The molecule has 0 radical (unpaired) electrons. The first-order chi connectivity index (χ1) is 9.56. The van der Waals surface area contributed by atoms with Crippen LogP contribution in [0.1, 0.15) is 55.6 Å². The predicted octanol–water partition coefficient (Wildman–Crippen LogP) is 3.00. The van der Waals surface area contributed by atoms with Gasteiger partial charge in [-0.1, -0.05) is 0 Å². The van der Waals surface area contributed by atoms with E-state index in [0.717, 1.165) is 12.4 Å². The van der Waals surface area contributed by atoms with E-state index in [2.05, 4.69) is 47.0 Å². The van der Waals surface area contributed by atoms with Crippen molar-refractivity contribution in [1.82, 2.24) is 19.6 Å². The Hall–Kier alpha value is -1.78. The van der Waals surface area contributed by atoms with Crippen LogP contribution in [0.25, 0.3) is 0 Å². The average molecular weight is 273 g/mol. The highest BCUT2D eigenvalue weighted by molar-refractivity contribution is 5.40. The maximum Gasteiger partial charge on any atom is 0.124 e. The molecule has 0 aliphatic heterocycles. The number of nitrogens with zero attached hydrogens (tertiary/aromatic N) is 4. The minimum atomic E-state index is 0.405. The number of rotatable bonds is 5. The highest BCUT2D eigenvalue weighted by Crippen LogP contribution is 2.39. The molecule has 1 aliphatic carbocycles. The monoisotopic (exact) mass is 273 g/mol. The highest BCUT2D eigenvalue weighted by Gasteiger charge is 2.26. The maximum atomic E-state index is 4.57. The van der Waals surface area contributed by atoms with E-state index in [-0.39, 0.29) is 0 Å². The zero-order chi connectivity index (χ0) is 14.3.